The summed E-state index contributed by atoms with van der Waals surface area (Å²) in [6, 6.07) is 6.03. The summed E-state index contributed by atoms with van der Waals surface area (Å²) in [6.07, 6.45) is 5.43. The van der Waals surface area contributed by atoms with E-state index in [-0.39, 0.29) is 12.5 Å². The molecular formula is C17H21NO3. The van der Waals surface area contributed by atoms with E-state index in [1.54, 1.807) is 6.08 Å². The molecule has 2 rings (SSSR count). The Kier molecular flexibility index (Phi) is 4.46. The molecule has 1 aromatic carbocycles. The minimum Gasteiger partial charge on any atom is -0.481 e. The standard InChI is InChI=1S/C17H21NO3/c1-12-4-5-14(13(2)10-12)6-7-15(19)18-11-17(16(20)21)8-3-9-17/h4-7,10H,3,8-9,11H2,1-2H3,(H,18,19)(H,20,21)/b7-6+. The van der Waals surface area contributed by atoms with Gasteiger partial charge in [-0.3, -0.25) is 9.59 Å². The Morgan fingerprint density at radius 3 is 2.57 bits per heavy atom. The number of amides is 1. The zero-order valence-electron chi connectivity index (χ0n) is 12.5. The highest BCUT2D eigenvalue weighted by molar-refractivity contribution is 5.92. The molecule has 2 N–H and O–H groups in total. The van der Waals surface area contributed by atoms with Gasteiger partial charge >= 0.3 is 5.97 Å². The first-order valence-electron chi connectivity index (χ1n) is 7.19. The Bertz CT molecular complexity index is 586. The highest BCUT2D eigenvalue weighted by atomic mass is 16.4. The first kappa shape index (κ1) is 15.3. The molecule has 1 aliphatic carbocycles. The summed E-state index contributed by atoms with van der Waals surface area (Å²) in [5.74, 6) is -1.06. The van der Waals surface area contributed by atoms with Crippen molar-refractivity contribution in [3.63, 3.8) is 0 Å². The van der Waals surface area contributed by atoms with Crippen molar-refractivity contribution in [3.05, 3.63) is 41.0 Å². The van der Waals surface area contributed by atoms with Crippen LogP contribution in [-0.4, -0.2) is 23.5 Å². The predicted molar refractivity (Wildman–Crippen MR) is 81.9 cm³/mol. The van der Waals surface area contributed by atoms with Crippen LogP contribution in [-0.2, 0) is 9.59 Å². The molecule has 4 heteroatoms. The van der Waals surface area contributed by atoms with E-state index in [9.17, 15) is 14.7 Å². The summed E-state index contributed by atoms with van der Waals surface area (Å²) < 4.78 is 0. The zero-order chi connectivity index (χ0) is 15.5. The number of hydrogen-bond acceptors (Lipinski definition) is 2. The van der Waals surface area contributed by atoms with E-state index in [1.807, 2.05) is 26.0 Å². The molecule has 4 nitrogen and oxygen atoms in total. The number of carbonyl (C=O) groups excluding carboxylic acids is 1. The summed E-state index contributed by atoms with van der Waals surface area (Å²) in [5, 5.41) is 11.9. The number of aryl methyl sites for hydroxylation is 2. The third-order valence-electron chi connectivity index (χ3n) is 4.20. The molecule has 0 heterocycles. The van der Waals surface area contributed by atoms with Gasteiger partial charge in [0.1, 0.15) is 0 Å². The largest absolute Gasteiger partial charge is 0.481 e. The summed E-state index contributed by atoms with van der Waals surface area (Å²) in [7, 11) is 0. The average Bonchev–Trinajstić information content (AvgIpc) is 2.36. The number of hydrogen-bond donors (Lipinski definition) is 2. The summed E-state index contributed by atoms with van der Waals surface area (Å²) in [5.41, 5.74) is 2.54. The van der Waals surface area contributed by atoms with Crippen LogP contribution in [0.2, 0.25) is 0 Å². The molecule has 1 aromatic rings. The Morgan fingerprint density at radius 2 is 2.05 bits per heavy atom. The van der Waals surface area contributed by atoms with Gasteiger partial charge in [0, 0.05) is 12.6 Å². The number of nitrogens with one attached hydrogen (secondary N) is 1. The van der Waals surface area contributed by atoms with Crippen LogP contribution < -0.4 is 5.32 Å². The van der Waals surface area contributed by atoms with Crippen molar-refractivity contribution < 1.29 is 14.7 Å². The van der Waals surface area contributed by atoms with Crippen molar-refractivity contribution in [2.75, 3.05) is 6.54 Å². The van der Waals surface area contributed by atoms with Gasteiger partial charge in [-0.05, 0) is 43.9 Å². The van der Waals surface area contributed by atoms with Crippen LogP contribution in [0, 0.1) is 19.3 Å². The highest BCUT2D eigenvalue weighted by Gasteiger charge is 2.44. The molecule has 0 aliphatic heterocycles. The summed E-state index contributed by atoms with van der Waals surface area (Å²) in [6.45, 7) is 4.23. The summed E-state index contributed by atoms with van der Waals surface area (Å²) in [4.78, 5) is 23.0. The highest BCUT2D eigenvalue weighted by Crippen LogP contribution is 2.40. The van der Waals surface area contributed by atoms with Crippen LogP contribution >= 0.6 is 0 Å². The average molecular weight is 287 g/mol. The molecule has 0 bridgehead atoms. The SMILES string of the molecule is Cc1ccc(/C=C/C(=O)NCC2(C(=O)O)CCC2)c(C)c1. The van der Waals surface area contributed by atoms with Crippen molar-refractivity contribution in [1.82, 2.24) is 5.32 Å². The van der Waals surface area contributed by atoms with E-state index in [1.165, 1.54) is 11.6 Å². The zero-order valence-corrected chi connectivity index (χ0v) is 12.5. The van der Waals surface area contributed by atoms with Crippen LogP contribution in [0.25, 0.3) is 6.08 Å². The Morgan fingerprint density at radius 1 is 1.33 bits per heavy atom. The molecule has 0 atom stereocenters. The lowest BCUT2D eigenvalue weighted by molar-refractivity contribution is -0.154. The van der Waals surface area contributed by atoms with Gasteiger partial charge in [-0.2, -0.15) is 0 Å². The second kappa shape index (κ2) is 6.12. The fraction of sp³-hybridized carbons (Fsp3) is 0.412. The lowest BCUT2D eigenvalue weighted by Gasteiger charge is -2.37. The maximum Gasteiger partial charge on any atom is 0.311 e. The maximum atomic E-state index is 11.8. The number of carboxylic acid groups (broad SMARTS) is 1. The number of benzene rings is 1. The lowest BCUT2D eigenvalue weighted by Crippen LogP contribution is -2.47. The Balaban J connectivity index is 1.92. The molecule has 0 aromatic heterocycles. The van der Waals surface area contributed by atoms with E-state index < -0.39 is 11.4 Å². The number of carbonyl (C=O) groups is 2. The predicted octanol–water partition coefficient (Wildman–Crippen LogP) is 2.69. The molecule has 0 saturated heterocycles. The van der Waals surface area contributed by atoms with Crippen LogP contribution in [0.15, 0.2) is 24.3 Å². The van der Waals surface area contributed by atoms with E-state index in [0.29, 0.717) is 12.8 Å². The maximum absolute atomic E-state index is 11.8. The van der Waals surface area contributed by atoms with Gasteiger partial charge in [0.2, 0.25) is 5.91 Å². The van der Waals surface area contributed by atoms with Crippen molar-refractivity contribution in [3.8, 4) is 0 Å². The molecule has 1 amide bonds. The van der Waals surface area contributed by atoms with Gasteiger partial charge in [0.25, 0.3) is 0 Å². The van der Waals surface area contributed by atoms with Crippen LogP contribution in [0.1, 0.15) is 36.0 Å². The Labute approximate surface area is 124 Å². The van der Waals surface area contributed by atoms with Gasteiger partial charge in [-0.15, -0.1) is 0 Å². The van der Waals surface area contributed by atoms with Crippen molar-refractivity contribution >= 4 is 18.0 Å². The van der Waals surface area contributed by atoms with E-state index >= 15 is 0 Å². The van der Waals surface area contributed by atoms with Crippen molar-refractivity contribution in [2.24, 2.45) is 5.41 Å². The quantitative estimate of drug-likeness (QED) is 0.818. The fourth-order valence-corrected chi connectivity index (χ4v) is 2.56. The number of rotatable bonds is 5. The smallest absolute Gasteiger partial charge is 0.311 e. The molecule has 1 fully saturated rings. The topological polar surface area (TPSA) is 66.4 Å². The van der Waals surface area contributed by atoms with Gasteiger partial charge in [-0.25, -0.2) is 0 Å². The Hall–Kier alpha value is -2.10. The van der Waals surface area contributed by atoms with Crippen LogP contribution in [0.5, 0.6) is 0 Å². The third-order valence-corrected chi connectivity index (χ3v) is 4.20. The number of carboxylic acids is 1. The van der Waals surface area contributed by atoms with Gasteiger partial charge in [0.15, 0.2) is 0 Å². The minimum absolute atomic E-state index is 0.207. The second-order valence-electron chi connectivity index (χ2n) is 5.85. The molecule has 21 heavy (non-hydrogen) atoms. The van der Waals surface area contributed by atoms with Crippen LogP contribution in [0.4, 0.5) is 0 Å². The molecule has 112 valence electrons. The molecule has 0 unspecified atom stereocenters. The fourth-order valence-electron chi connectivity index (χ4n) is 2.56. The lowest BCUT2D eigenvalue weighted by atomic mass is 9.69. The first-order valence-corrected chi connectivity index (χ1v) is 7.19. The molecular weight excluding hydrogens is 266 g/mol. The first-order chi connectivity index (χ1) is 9.93. The van der Waals surface area contributed by atoms with E-state index in [2.05, 4.69) is 11.4 Å². The normalized spacial score (nSPS) is 16.5. The molecule has 1 saturated carbocycles. The van der Waals surface area contributed by atoms with Gasteiger partial charge in [0.05, 0.1) is 5.41 Å². The molecule has 1 aliphatic rings. The van der Waals surface area contributed by atoms with Crippen molar-refractivity contribution in [2.45, 2.75) is 33.1 Å². The van der Waals surface area contributed by atoms with Crippen LogP contribution in [0.3, 0.4) is 0 Å². The molecule has 0 radical (unpaired) electrons. The second-order valence-corrected chi connectivity index (χ2v) is 5.85. The van der Waals surface area contributed by atoms with Gasteiger partial charge in [-0.1, -0.05) is 30.2 Å². The third kappa shape index (κ3) is 3.51. The summed E-state index contributed by atoms with van der Waals surface area (Å²) >= 11 is 0. The minimum atomic E-state index is -0.813. The van der Waals surface area contributed by atoms with Gasteiger partial charge < -0.3 is 10.4 Å². The number of aliphatic carboxylic acids is 1. The monoisotopic (exact) mass is 287 g/mol. The van der Waals surface area contributed by atoms with E-state index in [0.717, 1.165) is 17.5 Å². The van der Waals surface area contributed by atoms with Crippen molar-refractivity contribution in [1.29, 1.82) is 0 Å². The molecule has 0 spiro atoms. The van der Waals surface area contributed by atoms with E-state index in [4.69, 9.17) is 0 Å².